The number of sulfonamides is 1. The number of hydrogen-bond donors (Lipinski definition) is 1. The van der Waals surface area contributed by atoms with Crippen LogP contribution in [0.4, 0.5) is 0 Å². The predicted molar refractivity (Wildman–Crippen MR) is 119 cm³/mol. The van der Waals surface area contributed by atoms with Crippen molar-refractivity contribution < 1.29 is 13.2 Å². The van der Waals surface area contributed by atoms with Crippen LogP contribution >= 0.6 is 0 Å². The summed E-state index contributed by atoms with van der Waals surface area (Å²) in [6, 6.07) is 18.2. The Balaban J connectivity index is 1.60. The number of hydrogen-bond acceptors (Lipinski definition) is 5. The van der Waals surface area contributed by atoms with Crippen molar-refractivity contribution in [3.8, 4) is 5.75 Å². The second-order valence-electron chi connectivity index (χ2n) is 7.18. The number of aryl methyl sites for hydroxylation is 1. The van der Waals surface area contributed by atoms with Gasteiger partial charge in [-0.2, -0.15) is 0 Å². The molecule has 7 nitrogen and oxygen atoms in total. The zero-order chi connectivity index (χ0) is 21.8. The molecule has 0 spiro atoms. The van der Waals surface area contributed by atoms with Gasteiger partial charge in [0.2, 0.25) is 10.0 Å². The molecule has 0 saturated carbocycles. The fraction of sp³-hybridized carbons (Fsp3) is 0.217. The second-order valence-corrected chi connectivity index (χ2v) is 8.95. The maximum absolute atomic E-state index is 12.8. The number of imidazole rings is 1. The van der Waals surface area contributed by atoms with Crippen molar-refractivity contribution in [1.29, 1.82) is 0 Å². The molecule has 4 aromatic rings. The highest BCUT2D eigenvalue weighted by molar-refractivity contribution is 7.89. The molecular formula is C23H24N4O3S. The van der Waals surface area contributed by atoms with E-state index in [9.17, 15) is 8.42 Å². The average Bonchev–Trinajstić information content (AvgIpc) is 3.11. The van der Waals surface area contributed by atoms with Gasteiger partial charge in [0.15, 0.2) is 5.65 Å². The SMILES string of the molecule is CCOc1ccc(S(=O)(=O)NCc2nc3cccnc3n2Cc2cccc(C)c2)cc1. The molecule has 2 aromatic carbocycles. The fourth-order valence-corrected chi connectivity index (χ4v) is 4.40. The number of nitrogens with zero attached hydrogens (tertiary/aromatic N) is 3. The number of ether oxygens (including phenoxy) is 1. The predicted octanol–water partition coefficient (Wildman–Crippen LogP) is 3.67. The number of nitrogens with one attached hydrogen (secondary N) is 1. The maximum atomic E-state index is 12.8. The van der Waals surface area contributed by atoms with Gasteiger partial charge < -0.3 is 9.30 Å². The van der Waals surface area contributed by atoms with Crippen molar-refractivity contribution >= 4 is 21.2 Å². The van der Waals surface area contributed by atoms with Crippen molar-refractivity contribution in [3.05, 3.63) is 83.8 Å². The average molecular weight is 437 g/mol. The summed E-state index contributed by atoms with van der Waals surface area (Å²) in [5.41, 5.74) is 3.71. The first-order valence-corrected chi connectivity index (χ1v) is 11.5. The molecule has 160 valence electrons. The van der Waals surface area contributed by atoms with Crippen molar-refractivity contribution in [2.45, 2.75) is 31.8 Å². The van der Waals surface area contributed by atoms with Crippen molar-refractivity contribution in [2.75, 3.05) is 6.61 Å². The summed E-state index contributed by atoms with van der Waals surface area (Å²) in [6.45, 7) is 5.05. The largest absolute Gasteiger partial charge is 0.494 e. The third-order valence-corrected chi connectivity index (χ3v) is 6.29. The van der Waals surface area contributed by atoms with Gasteiger partial charge in [0, 0.05) is 6.20 Å². The Labute approximate surface area is 181 Å². The molecule has 0 aliphatic carbocycles. The zero-order valence-corrected chi connectivity index (χ0v) is 18.3. The van der Waals surface area contributed by atoms with E-state index >= 15 is 0 Å². The van der Waals surface area contributed by atoms with Gasteiger partial charge in [-0.3, -0.25) is 0 Å². The molecule has 0 aliphatic heterocycles. The Morgan fingerprint density at radius 3 is 2.61 bits per heavy atom. The van der Waals surface area contributed by atoms with Crippen LogP contribution in [0.15, 0.2) is 71.8 Å². The van der Waals surface area contributed by atoms with E-state index in [0.29, 0.717) is 24.7 Å². The number of benzene rings is 2. The molecule has 0 saturated heterocycles. The molecule has 0 aliphatic rings. The fourth-order valence-electron chi connectivity index (χ4n) is 3.42. The Hall–Kier alpha value is -3.23. The first-order valence-electron chi connectivity index (χ1n) is 10.0. The van der Waals surface area contributed by atoms with Gasteiger partial charge >= 0.3 is 0 Å². The molecule has 8 heteroatoms. The summed E-state index contributed by atoms with van der Waals surface area (Å²) in [7, 11) is -3.70. The molecule has 31 heavy (non-hydrogen) atoms. The highest BCUT2D eigenvalue weighted by Gasteiger charge is 2.18. The van der Waals surface area contributed by atoms with Gasteiger partial charge in [-0.05, 0) is 55.8 Å². The quantitative estimate of drug-likeness (QED) is 0.456. The standard InChI is InChI=1S/C23H24N4O3S/c1-3-30-19-9-11-20(12-10-19)31(28,29)25-15-22-26-21-8-5-13-24-23(21)27(22)16-18-7-4-6-17(2)14-18/h4-14,25H,3,15-16H2,1-2H3. The highest BCUT2D eigenvalue weighted by atomic mass is 32.2. The number of rotatable bonds is 8. The molecule has 2 heterocycles. The Kier molecular flexibility index (Phi) is 6.01. The molecule has 0 amide bonds. The van der Waals surface area contributed by atoms with E-state index in [1.54, 1.807) is 18.3 Å². The van der Waals surface area contributed by atoms with Crippen LogP contribution < -0.4 is 9.46 Å². The lowest BCUT2D eigenvalue weighted by molar-refractivity contribution is 0.340. The highest BCUT2D eigenvalue weighted by Crippen LogP contribution is 2.19. The molecule has 0 fully saturated rings. The van der Waals surface area contributed by atoms with Crippen LogP contribution in [0.2, 0.25) is 0 Å². The van der Waals surface area contributed by atoms with Crippen LogP contribution in [-0.2, 0) is 23.1 Å². The molecule has 4 rings (SSSR count). The molecule has 0 atom stereocenters. The van der Waals surface area contributed by atoms with Crippen LogP contribution in [-0.4, -0.2) is 29.6 Å². The zero-order valence-electron chi connectivity index (χ0n) is 17.4. The van der Waals surface area contributed by atoms with Crippen LogP contribution in [0.25, 0.3) is 11.2 Å². The van der Waals surface area contributed by atoms with E-state index in [4.69, 9.17) is 4.74 Å². The van der Waals surface area contributed by atoms with Gasteiger partial charge in [-0.1, -0.05) is 29.8 Å². The number of aromatic nitrogens is 3. The third kappa shape index (κ3) is 4.76. The molecule has 0 unspecified atom stereocenters. The summed E-state index contributed by atoms with van der Waals surface area (Å²) in [4.78, 5) is 9.26. The normalized spacial score (nSPS) is 11.7. The number of fused-ring (bicyclic) bond motifs is 1. The van der Waals surface area contributed by atoms with Crippen molar-refractivity contribution in [1.82, 2.24) is 19.3 Å². The minimum absolute atomic E-state index is 0.0533. The Morgan fingerprint density at radius 1 is 1.06 bits per heavy atom. The van der Waals surface area contributed by atoms with Gasteiger partial charge in [0.25, 0.3) is 0 Å². The first kappa shape index (κ1) is 21.0. The summed E-state index contributed by atoms with van der Waals surface area (Å²) >= 11 is 0. The number of pyridine rings is 1. The summed E-state index contributed by atoms with van der Waals surface area (Å²) < 4.78 is 35.6. The topological polar surface area (TPSA) is 86.1 Å². The minimum atomic E-state index is -3.70. The third-order valence-electron chi connectivity index (χ3n) is 4.87. The Morgan fingerprint density at radius 2 is 1.87 bits per heavy atom. The minimum Gasteiger partial charge on any atom is -0.494 e. The molecular weight excluding hydrogens is 412 g/mol. The molecule has 0 radical (unpaired) electrons. The lowest BCUT2D eigenvalue weighted by Gasteiger charge is -2.11. The van der Waals surface area contributed by atoms with E-state index in [1.807, 2.05) is 48.7 Å². The monoisotopic (exact) mass is 436 g/mol. The van der Waals surface area contributed by atoms with Crippen molar-refractivity contribution in [2.24, 2.45) is 0 Å². The summed E-state index contributed by atoms with van der Waals surface area (Å²) in [5, 5.41) is 0. The molecule has 1 N–H and O–H groups in total. The first-order chi connectivity index (χ1) is 15.0. The molecule has 2 aromatic heterocycles. The van der Waals surface area contributed by atoms with Gasteiger partial charge in [0.05, 0.1) is 24.6 Å². The second kappa shape index (κ2) is 8.87. The summed E-state index contributed by atoms with van der Waals surface area (Å²) in [6.07, 6.45) is 1.71. The van der Waals surface area contributed by atoms with E-state index in [-0.39, 0.29) is 11.4 Å². The van der Waals surface area contributed by atoms with Gasteiger partial charge in [-0.15, -0.1) is 0 Å². The lowest BCUT2D eigenvalue weighted by atomic mass is 10.1. The maximum Gasteiger partial charge on any atom is 0.240 e. The van der Waals surface area contributed by atoms with E-state index in [1.165, 1.54) is 12.1 Å². The smallest absolute Gasteiger partial charge is 0.240 e. The summed E-state index contributed by atoms with van der Waals surface area (Å²) in [5.74, 6) is 1.23. The van der Waals surface area contributed by atoms with Crippen LogP contribution in [0.1, 0.15) is 23.9 Å². The Bertz CT molecular complexity index is 1300. The van der Waals surface area contributed by atoms with Gasteiger partial charge in [0.1, 0.15) is 17.1 Å². The van der Waals surface area contributed by atoms with Crippen LogP contribution in [0.5, 0.6) is 5.75 Å². The van der Waals surface area contributed by atoms with Crippen LogP contribution in [0.3, 0.4) is 0 Å². The van der Waals surface area contributed by atoms with Crippen LogP contribution in [0, 0.1) is 6.92 Å². The van der Waals surface area contributed by atoms with E-state index < -0.39 is 10.0 Å². The van der Waals surface area contributed by atoms with Crippen molar-refractivity contribution in [3.63, 3.8) is 0 Å². The molecule has 0 bridgehead atoms. The van der Waals surface area contributed by atoms with E-state index in [0.717, 1.165) is 22.3 Å². The van der Waals surface area contributed by atoms with E-state index in [2.05, 4.69) is 20.8 Å². The van der Waals surface area contributed by atoms with Gasteiger partial charge in [-0.25, -0.2) is 23.1 Å². The lowest BCUT2D eigenvalue weighted by Crippen LogP contribution is -2.25.